The zero-order valence-electron chi connectivity index (χ0n) is 17.6. The Kier molecular flexibility index (Phi) is 10.7. The number of H-pyrrole nitrogens is 1. The summed E-state index contributed by atoms with van der Waals surface area (Å²) >= 11 is 12.8. The molecule has 1 aromatic heterocycles. The molecule has 2 aromatic rings. The van der Waals surface area contributed by atoms with Crippen LogP contribution in [0.3, 0.4) is 0 Å². The number of halogens is 2. The maximum atomic E-state index is 12.0. The lowest BCUT2D eigenvalue weighted by atomic mass is 9.95. The van der Waals surface area contributed by atoms with E-state index >= 15 is 0 Å². The molecule has 1 aliphatic heterocycles. The van der Waals surface area contributed by atoms with Crippen LogP contribution in [0, 0.1) is 12.8 Å². The average molecular weight is 450 g/mol. The van der Waals surface area contributed by atoms with Gasteiger partial charge in [-0.05, 0) is 24.1 Å². The predicted molar refractivity (Wildman–Crippen MR) is 128 cm³/mol. The molecule has 0 saturated carbocycles. The molecular formula is C23H29Cl2N3O2. The number of carbonyl (C=O) groups excluding carboxylic acids is 1. The van der Waals surface area contributed by atoms with Gasteiger partial charge in [0.2, 0.25) is 5.91 Å². The monoisotopic (exact) mass is 449 g/mol. The molecule has 1 aliphatic rings. The maximum Gasteiger partial charge on any atom is 0.248 e. The van der Waals surface area contributed by atoms with E-state index < -0.39 is 6.61 Å². The van der Waals surface area contributed by atoms with Gasteiger partial charge in [-0.3, -0.25) is 4.79 Å². The number of aliphatic hydroxyl groups excluding tert-OH is 1. The van der Waals surface area contributed by atoms with Crippen molar-refractivity contribution in [1.29, 1.82) is 0 Å². The van der Waals surface area contributed by atoms with E-state index in [1.54, 1.807) is 4.90 Å². The van der Waals surface area contributed by atoms with E-state index in [0.29, 0.717) is 36.1 Å². The van der Waals surface area contributed by atoms with Gasteiger partial charge < -0.3 is 20.7 Å². The lowest BCUT2D eigenvalue weighted by molar-refractivity contribution is -0.135. The molecule has 3 rings (SSSR count). The summed E-state index contributed by atoms with van der Waals surface area (Å²) in [6.45, 7) is 6.88. The molecule has 0 unspecified atom stereocenters. The second kappa shape index (κ2) is 12.5. The van der Waals surface area contributed by atoms with E-state index in [-0.39, 0.29) is 5.91 Å². The van der Waals surface area contributed by atoms with Crippen LogP contribution in [-0.4, -0.2) is 40.6 Å². The number of nitrogens with zero attached hydrogens (tertiary/aromatic N) is 1. The van der Waals surface area contributed by atoms with Crippen LogP contribution in [-0.2, 0) is 17.8 Å². The molecule has 5 nitrogen and oxygen atoms in total. The molecule has 0 atom stereocenters. The van der Waals surface area contributed by atoms with Crippen molar-refractivity contribution in [3.63, 3.8) is 0 Å². The Hall–Kier alpha value is -2.23. The smallest absolute Gasteiger partial charge is 0.248 e. The molecule has 162 valence electrons. The molecule has 1 amide bonds. The molecule has 4 N–H and O–H groups in total. The molecule has 0 saturated heterocycles. The number of hydrogen-bond acceptors (Lipinski definition) is 3. The second-order valence-corrected chi connectivity index (χ2v) is 6.94. The van der Waals surface area contributed by atoms with Crippen molar-refractivity contribution < 1.29 is 9.90 Å². The fraction of sp³-hybridized carbons (Fsp3) is 0.348. The number of aromatic amines is 1. The number of fused-ring (bicyclic) bond motifs is 3. The Morgan fingerprint density at radius 1 is 1.37 bits per heavy atom. The molecule has 7 heteroatoms. The van der Waals surface area contributed by atoms with Crippen molar-refractivity contribution >= 4 is 45.6 Å². The number of nitrogens with two attached hydrogens (primary N) is 1. The maximum absolute atomic E-state index is 12.0. The highest BCUT2D eigenvalue weighted by Gasteiger charge is 2.26. The third-order valence-electron chi connectivity index (χ3n) is 4.69. The summed E-state index contributed by atoms with van der Waals surface area (Å²) in [5.41, 5.74) is 10.4. The number of terminal acetylenes is 1. The summed E-state index contributed by atoms with van der Waals surface area (Å²) in [7, 11) is 0. The normalized spacial score (nSPS) is 13.4. The van der Waals surface area contributed by atoms with Gasteiger partial charge in [0.25, 0.3) is 0 Å². The minimum absolute atomic E-state index is 0.277. The minimum Gasteiger partial charge on any atom is -0.387 e. The Labute approximate surface area is 188 Å². The van der Waals surface area contributed by atoms with Gasteiger partial charge in [-0.1, -0.05) is 55.3 Å². The molecule has 0 radical (unpaired) electrons. The van der Waals surface area contributed by atoms with Gasteiger partial charge in [0, 0.05) is 42.7 Å². The van der Waals surface area contributed by atoms with Crippen molar-refractivity contribution in [1.82, 2.24) is 9.88 Å². The highest BCUT2D eigenvalue weighted by atomic mass is 35.5. The van der Waals surface area contributed by atoms with Crippen molar-refractivity contribution in [2.75, 3.05) is 19.7 Å². The minimum atomic E-state index is -0.490. The number of nitrogens with one attached hydrogen (secondary N) is 1. The van der Waals surface area contributed by atoms with Crippen LogP contribution >= 0.6 is 23.2 Å². The van der Waals surface area contributed by atoms with Gasteiger partial charge in [0.05, 0.1) is 15.6 Å². The second-order valence-electron chi connectivity index (χ2n) is 6.16. The molecule has 2 heterocycles. The van der Waals surface area contributed by atoms with Crippen LogP contribution in [0.2, 0.25) is 10.0 Å². The lowest BCUT2D eigenvalue weighted by Crippen LogP contribution is -2.37. The fourth-order valence-electron chi connectivity index (χ4n) is 3.42. The molecule has 1 aromatic carbocycles. The highest BCUT2D eigenvalue weighted by Crippen LogP contribution is 2.40. The Bertz CT molecular complexity index is 958. The predicted octanol–water partition coefficient (Wildman–Crippen LogP) is 4.55. The van der Waals surface area contributed by atoms with Crippen molar-refractivity contribution in [2.45, 2.75) is 33.7 Å². The first kappa shape index (κ1) is 25.8. The zero-order valence-corrected chi connectivity index (χ0v) is 19.1. The third-order valence-corrected chi connectivity index (χ3v) is 5.47. The van der Waals surface area contributed by atoms with Gasteiger partial charge in [0.15, 0.2) is 0 Å². The van der Waals surface area contributed by atoms with Crippen molar-refractivity contribution in [3.05, 3.63) is 51.2 Å². The Morgan fingerprint density at radius 2 is 2.03 bits per heavy atom. The molecule has 30 heavy (non-hydrogen) atoms. The van der Waals surface area contributed by atoms with Crippen LogP contribution in [0.25, 0.3) is 16.5 Å². The fourth-order valence-corrected chi connectivity index (χ4v) is 3.82. The number of aliphatic hydroxyl groups is 1. The van der Waals surface area contributed by atoms with Gasteiger partial charge in [-0.2, -0.15) is 0 Å². The molecular weight excluding hydrogens is 421 g/mol. The SMILES string of the molecule is C#C.C/C=C(\C=C/CN)c1cc(Cl)c(Cl)c2[nH]c3c(c12)CN(C(=O)CO)CC3.CC. The first-order chi connectivity index (χ1) is 14.5. The topological polar surface area (TPSA) is 82.4 Å². The number of allylic oxidation sites excluding steroid dienone is 3. The first-order valence-corrected chi connectivity index (χ1v) is 10.5. The molecule has 0 fully saturated rings. The summed E-state index contributed by atoms with van der Waals surface area (Å²) in [5.74, 6) is -0.277. The van der Waals surface area contributed by atoms with Gasteiger partial charge in [-0.25, -0.2) is 0 Å². The van der Waals surface area contributed by atoms with Crippen molar-refractivity contribution in [2.24, 2.45) is 5.73 Å². The summed E-state index contributed by atoms with van der Waals surface area (Å²) in [6.07, 6.45) is 14.5. The largest absolute Gasteiger partial charge is 0.387 e. The van der Waals surface area contributed by atoms with Crippen molar-refractivity contribution in [3.8, 4) is 12.8 Å². The van der Waals surface area contributed by atoms with Crippen LogP contribution in [0.4, 0.5) is 0 Å². The van der Waals surface area contributed by atoms with E-state index in [1.807, 2.05) is 45.1 Å². The van der Waals surface area contributed by atoms with Crippen LogP contribution < -0.4 is 5.73 Å². The number of hydrogen-bond donors (Lipinski definition) is 3. The first-order valence-electron chi connectivity index (χ1n) is 9.78. The van der Waals surface area contributed by atoms with E-state index in [4.69, 9.17) is 28.9 Å². The number of carbonyl (C=O) groups is 1. The summed E-state index contributed by atoms with van der Waals surface area (Å²) in [6, 6.07) is 1.85. The van der Waals surface area contributed by atoms with Gasteiger partial charge in [-0.15, -0.1) is 12.8 Å². The Balaban J connectivity index is 0.00000106. The standard InChI is InChI=1S/C19H21Cl2N3O2.C2H6.C2H2/c1-2-11(4-3-6-22)12-8-14(20)18(21)19-17(12)13-9-24(16(26)10-25)7-5-15(13)23-19;2*1-2/h2-4,8,23,25H,5-7,9-10,22H2,1H3;1-2H3;1-2H/b4-3-,11-2+;;. The number of aromatic nitrogens is 1. The summed E-state index contributed by atoms with van der Waals surface area (Å²) in [4.78, 5) is 17.0. The summed E-state index contributed by atoms with van der Waals surface area (Å²) < 4.78 is 0. The van der Waals surface area contributed by atoms with E-state index in [1.165, 1.54) is 0 Å². The van der Waals surface area contributed by atoms with E-state index in [2.05, 4.69) is 17.8 Å². The quantitative estimate of drug-likeness (QED) is 0.472. The average Bonchev–Trinajstić information content (AvgIpc) is 3.18. The van der Waals surface area contributed by atoms with Crippen LogP contribution in [0.5, 0.6) is 0 Å². The molecule has 0 bridgehead atoms. The number of amides is 1. The van der Waals surface area contributed by atoms with Gasteiger partial charge in [0.1, 0.15) is 6.61 Å². The number of rotatable bonds is 4. The van der Waals surface area contributed by atoms with Crippen LogP contribution in [0.15, 0.2) is 24.3 Å². The lowest BCUT2D eigenvalue weighted by Gasteiger charge is -2.27. The third kappa shape index (κ3) is 5.27. The molecule has 0 aliphatic carbocycles. The van der Waals surface area contributed by atoms with Gasteiger partial charge >= 0.3 is 0 Å². The van der Waals surface area contributed by atoms with Crippen LogP contribution in [0.1, 0.15) is 37.6 Å². The summed E-state index contributed by atoms with van der Waals surface area (Å²) in [5, 5.41) is 11.1. The Morgan fingerprint density at radius 3 is 2.60 bits per heavy atom. The van der Waals surface area contributed by atoms with E-state index in [9.17, 15) is 9.90 Å². The van der Waals surface area contributed by atoms with E-state index in [0.717, 1.165) is 33.3 Å². The highest BCUT2D eigenvalue weighted by molar-refractivity contribution is 6.45. The molecule has 0 spiro atoms. The zero-order chi connectivity index (χ0) is 22.8. The number of benzene rings is 1.